The van der Waals surface area contributed by atoms with Gasteiger partial charge in [0.05, 0.1) is 25.2 Å². The van der Waals surface area contributed by atoms with E-state index in [9.17, 15) is 19.8 Å². The number of unbranched alkanes of at least 4 members (excludes halogenated alkanes) is 21. The predicted molar refractivity (Wildman–Crippen MR) is 287 cm³/mol. The number of ether oxygens (including phenoxy) is 1. The molecule has 0 bridgehead atoms. The second kappa shape index (κ2) is 52.5. The molecule has 0 aromatic heterocycles. The SMILES string of the molecule is CCC/C=C/C=C/C=C/C=C/C=C/CCCCCC(CC(=O)NC(CO)C(O)CCCCCCCCCCCCCC)OC(=O)CCCCC/C=C\C/C=C\C/C=C\C/C=C\CCCCC. The number of hydrogen-bond donors (Lipinski definition) is 3. The third-order valence-corrected chi connectivity index (χ3v) is 11.7. The molecule has 0 aromatic carbocycles. The largest absolute Gasteiger partial charge is 0.462 e. The van der Waals surface area contributed by atoms with Gasteiger partial charge in [0, 0.05) is 6.42 Å². The molecule has 6 heteroatoms. The van der Waals surface area contributed by atoms with Crippen molar-refractivity contribution in [2.45, 2.75) is 251 Å². The van der Waals surface area contributed by atoms with Crippen LogP contribution in [0, 0.1) is 0 Å². The monoisotopic (exact) mass is 916 g/mol. The molecule has 0 aliphatic carbocycles. The van der Waals surface area contributed by atoms with Gasteiger partial charge in [0.25, 0.3) is 0 Å². The number of aliphatic hydroxyl groups is 2. The first kappa shape index (κ1) is 62.5. The van der Waals surface area contributed by atoms with Crippen molar-refractivity contribution in [1.82, 2.24) is 5.32 Å². The average molecular weight is 916 g/mol. The van der Waals surface area contributed by atoms with Gasteiger partial charge in [-0.25, -0.2) is 0 Å². The molecule has 0 aliphatic rings. The third-order valence-electron chi connectivity index (χ3n) is 11.7. The molecule has 0 radical (unpaired) electrons. The molecule has 1 amide bonds. The maximum absolute atomic E-state index is 13.2. The number of aliphatic hydroxyl groups excluding tert-OH is 2. The molecule has 0 heterocycles. The van der Waals surface area contributed by atoms with Crippen LogP contribution in [0.5, 0.6) is 0 Å². The van der Waals surface area contributed by atoms with Gasteiger partial charge in [-0.05, 0) is 89.9 Å². The summed E-state index contributed by atoms with van der Waals surface area (Å²) in [6, 6.07) is -0.730. The molecule has 0 saturated heterocycles. The molecule has 0 aromatic rings. The molecular formula is C60H101NO5. The lowest BCUT2D eigenvalue weighted by atomic mass is 10.0. The molecule has 0 spiro atoms. The van der Waals surface area contributed by atoms with Crippen LogP contribution in [0.3, 0.4) is 0 Å². The molecule has 0 fully saturated rings. The fourth-order valence-electron chi connectivity index (χ4n) is 7.56. The molecule has 0 aliphatic heterocycles. The van der Waals surface area contributed by atoms with E-state index >= 15 is 0 Å². The van der Waals surface area contributed by atoms with Crippen LogP contribution in [0.1, 0.15) is 233 Å². The summed E-state index contributed by atoms with van der Waals surface area (Å²) in [5, 5.41) is 23.8. The molecule has 3 atom stereocenters. The van der Waals surface area contributed by atoms with Crippen LogP contribution in [-0.2, 0) is 14.3 Å². The Morgan fingerprint density at radius 2 is 0.864 bits per heavy atom. The van der Waals surface area contributed by atoms with Gasteiger partial charge >= 0.3 is 5.97 Å². The number of amides is 1. The molecule has 376 valence electrons. The zero-order chi connectivity index (χ0) is 48.1. The Bertz CT molecular complexity index is 1350. The van der Waals surface area contributed by atoms with E-state index in [4.69, 9.17) is 4.74 Å². The molecule has 66 heavy (non-hydrogen) atoms. The van der Waals surface area contributed by atoms with Gasteiger partial charge in [-0.15, -0.1) is 0 Å². The van der Waals surface area contributed by atoms with Crippen molar-refractivity contribution in [2.75, 3.05) is 6.61 Å². The van der Waals surface area contributed by atoms with Gasteiger partial charge in [0.2, 0.25) is 5.91 Å². The average Bonchev–Trinajstić information content (AvgIpc) is 3.31. The van der Waals surface area contributed by atoms with E-state index in [-0.39, 0.29) is 24.9 Å². The molecular weight excluding hydrogens is 815 g/mol. The Kier molecular flexibility index (Phi) is 49.7. The summed E-state index contributed by atoms with van der Waals surface area (Å²) in [5.41, 5.74) is 0. The maximum atomic E-state index is 13.2. The standard InChI is InChI=1S/C60H101NO5/c1-4-7-10-13-16-19-22-25-27-29-30-31-33-35-38-41-44-47-50-53-60(65)66-56(51-48-45-42-39-36-34-32-28-26-23-20-17-14-11-8-5-2)54-59(64)61-57(55-62)58(63)52-49-46-43-40-37-24-21-18-15-12-9-6-3/h11,14,16-17,19-20,23,25-28,30-32,34-36,38,56-58,62-63H,4-10,12-13,15,18,21-22,24,29,33,37,39-55H2,1-3H3,(H,61,64)/b14-11+,19-16-,20-17+,26-23+,27-25-,31-30-,32-28+,36-34+,38-35-. The normalized spacial score (nSPS) is 14.1. The lowest BCUT2D eigenvalue weighted by molar-refractivity contribution is -0.151. The van der Waals surface area contributed by atoms with E-state index in [1.807, 2.05) is 36.5 Å². The van der Waals surface area contributed by atoms with Crippen molar-refractivity contribution in [3.63, 3.8) is 0 Å². The number of carbonyl (C=O) groups excluding carboxylic acids is 2. The molecule has 0 rings (SSSR count). The maximum Gasteiger partial charge on any atom is 0.306 e. The Balaban J connectivity index is 4.75. The summed E-state index contributed by atoms with van der Waals surface area (Å²) in [6.07, 6.45) is 71.4. The van der Waals surface area contributed by atoms with Gasteiger partial charge in [-0.3, -0.25) is 9.59 Å². The minimum absolute atomic E-state index is 0.0298. The van der Waals surface area contributed by atoms with Crippen LogP contribution in [0.15, 0.2) is 109 Å². The Morgan fingerprint density at radius 3 is 1.39 bits per heavy atom. The summed E-state index contributed by atoms with van der Waals surface area (Å²) >= 11 is 0. The van der Waals surface area contributed by atoms with Crippen LogP contribution >= 0.6 is 0 Å². The summed E-state index contributed by atoms with van der Waals surface area (Å²) < 4.78 is 5.91. The molecule has 0 saturated carbocycles. The van der Waals surface area contributed by atoms with E-state index in [2.05, 4.69) is 99.0 Å². The molecule has 3 unspecified atom stereocenters. The van der Waals surface area contributed by atoms with E-state index < -0.39 is 18.2 Å². The summed E-state index contributed by atoms with van der Waals surface area (Å²) in [5.74, 6) is -0.560. The van der Waals surface area contributed by atoms with Crippen LogP contribution in [0.2, 0.25) is 0 Å². The third kappa shape index (κ3) is 47.0. The predicted octanol–water partition coefficient (Wildman–Crippen LogP) is 16.7. The zero-order valence-corrected chi connectivity index (χ0v) is 42.8. The second-order valence-corrected chi connectivity index (χ2v) is 18.0. The highest BCUT2D eigenvalue weighted by molar-refractivity contribution is 5.77. The first-order chi connectivity index (χ1) is 32.5. The van der Waals surface area contributed by atoms with Gasteiger partial charge in [-0.1, -0.05) is 239 Å². The minimum Gasteiger partial charge on any atom is -0.462 e. The van der Waals surface area contributed by atoms with Crippen molar-refractivity contribution in [3.05, 3.63) is 109 Å². The van der Waals surface area contributed by atoms with E-state index in [1.54, 1.807) is 0 Å². The van der Waals surface area contributed by atoms with Crippen LogP contribution in [0.4, 0.5) is 0 Å². The number of allylic oxidation sites excluding steroid dienone is 18. The van der Waals surface area contributed by atoms with Crippen molar-refractivity contribution in [2.24, 2.45) is 0 Å². The first-order valence-corrected chi connectivity index (χ1v) is 27.2. The molecule has 3 N–H and O–H groups in total. The topological polar surface area (TPSA) is 95.9 Å². The van der Waals surface area contributed by atoms with Gasteiger partial charge in [-0.2, -0.15) is 0 Å². The number of esters is 1. The molecule has 6 nitrogen and oxygen atoms in total. The van der Waals surface area contributed by atoms with Crippen molar-refractivity contribution < 1.29 is 24.5 Å². The summed E-state index contributed by atoms with van der Waals surface area (Å²) in [7, 11) is 0. The lowest BCUT2D eigenvalue weighted by Crippen LogP contribution is -2.46. The van der Waals surface area contributed by atoms with Crippen LogP contribution in [0.25, 0.3) is 0 Å². The smallest absolute Gasteiger partial charge is 0.306 e. The Hall–Kier alpha value is -3.48. The highest BCUT2D eigenvalue weighted by atomic mass is 16.5. The van der Waals surface area contributed by atoms with Gasteiger partial charge in [0.15, 0.2) is 0 Å². The quantitative estimate of drug-likeness (QED) is 0.0245. The Labute approximate surface area is 407 Å². The number of hydrogen-bond acceptors (Lipinski definition) is 5. The fourth-order valence-corrected chi connectivity index (χ4v) is 7.56. The highest BCUT2D eigenvalue weighted by Gasteiger charge is 2.24. The van der Waals surface area contributed by atoms with Crippen LogP contribution < -0.4 is 5.32 Å². The minimum atomic E-state index is -0.812. The van der Waals surface area contributed by atoms with E-state index in [0.717, 1.165) is 103 Å². The first-order valence-electron chi connectivity index (χ1n) is 27.2. The second-order valence-electron chi connectivity index (χ2n) is 18.0. The van der Waals surface area contributed by atoms with E-state index in [1.165, 1.54) is 83.5 Å². The highest BCUT2D eigenvalue weighted by Crippen LogP contribution is 2.17. The van der Waals surface area contributed by atoms with Crippen molar-refractivity contribution in [3.8, 4) is 0 Å². The zero-order valence-electron chi connectivity index (χ0n) is 42.8. The van der Waals surface area contributed by atoms with Gasteiger partial charge in [0.1, 0.15) is 6.10 Å². The Morgan fingerprint density at radius 1 is 0.455 bits per heavy atom. The van der Waals surface area contributed by atoms with Gasteiger partial charge < -0.3 is 20.3 Å². The summed E-state index contributed by atoms with van der Waals surface area (Å²) in [6.45, 7) is 6.34. The number of nitrogens with one attached hydrogen (secondary N) is 1. The van der Waals surface area contributed by atoms with Crippen molar-refractivity contribution >= 4 is 11.9 Å². The number of rotatable bonds is 47. The van der Waals surface area contributed by atoms with Crippen LogP contribution in [-0.4, -0.2) is 46.9 Å². The lowest BCUT2D eigenvalue weighted by Gasteiger charge is -2.24. The van der Waals surface area contributed by atoms with Crippen molar-refractivity contribution in [1.29, 1.82) is 0 Å². The fraction of sp³-hybridized carbons (Fsp3) is 0.667. The summed E-state index contributed by atoms with van der Waals surface area (Å²) in [4.78, 5) is 26.2. The number of carbonyl (C=O) groups is 2. The van der Waals surface area contributed by atoms with E-state index in [0.29, 0.717) is 19.3 Å².